The van der Waals surface area contributed by atoms with E-state index in [4.69, 9.17) is 5.73 Å². The first-order valence-corrected chi connectivity index (χ1v) is 4.07. The van der Waals surface area contributed by atoms with Gasteiger partial charge in [0.1, 0.15) is 0 Å². The molecule has 0 aliphatic heterocycles. The van der Waals surface area contributed by atoms with Gasteiger partial charge in [0.25, 0.3) is 5.91 Å². The van der Waals surface area contributed by atoms with E-state index in [-0.39, 0.29) is 0 Å². The van der Waals surface area contributed by atoms with Gasteiger partial charge in [-0.1, -0.05) is 18.3 Å². The van der Waals surface area contributed by atoms with E-state index in [1.807, 2.05) is 13.8 Å². The second-order valence-electron chi connectivity index (χ2n) is 1.88. The Kier molecular flexibility index (Phi) is 4.61. The first-order chi connectivity index (χ1) is 5.07. The summed E-state index contributed by atoms with van der Waals surface area (Å²) >= 11 is 1.21. The van der Waals surface area contributed by atoms with Crippen LogP contribution in [-0.2, 0) is 4.79 Å². The number of carbonyl (C=O) groups is 1. The molecule has 0 radical (unpaired) electrons. The van der Waals surface area contributed by atoms with Crippen LogP contribution >= 0.6 is 11.8 Å². The van der Waals surface area contributed by atoms with Gasteiger partial charge in [0.05, 0.1) is 9.95 Å². The van der Waals surface area contributed by atoms with E-state index < -0.39 is 5.91 Å². The number of primary amides is 1. The largest absolute Gasteiger partial charge is 0.365 e. The Hall–Kier alpha value is -0.770. The zero-order chi connectivity index (χ0) is 8.85. The lowest BCUT2D eigenvalue weighted by molar-refractivity contribution is -0.113. The van der Waals surface area contributed by atoms with E-state index in [1.165, 1.54) is 11.8 Å². The molecular weight excluding hydrogens is 160 g/mol. The highest BCUT2D eigenvalue weighted by Crippen LogP contribution is 2.14. The van der Waals surface area contributed by atoms with Crippen LogP contribution in [0.5, 0.6) is 0 Å². The zero-order valence-electron chi connectivity index (χ0n) is 6.76. The van der Waals surface area contributed by atoms with Crippen molar-refractivity contribution in [2.45, 2.75) is 13.8 Å². The predicted octanol–water partition coefficient (Wildman–Crippen LogP) is 1.16. The molecule has 0 spiro atoms. The van der Waals surface area contributed by atoms with Gasteiger partial charge >= 0.3 is 0 Å². The van der Waals surface area contributed by atoms with Gasteiger partial charge in [0.2, 0.25) is 0 Å². The Morgan fingerprint density at radius 2 is 2.27 bits per heavy atom. The van der Waals surface area contributed by atoms with Crippen molar-refractivity contribution < 1.29 is 4.79 Å². The van der Waals surface area contributed by atoms with Gasteiger partial charge in [0.15, 0.2) is 0 Å². The normalized spacial score (nSPS) is 11.3. The van der Waals surface area contributed by atoms with Crippen LogP contribution in [-0.4, -0.2) is 17.5 Å². The van der Waals surface area contributed by atoms with E-state index in [1.54, 1.807) is 0 Å². The highest BCUT2D eigenvalue weighted by Gasteiger charge is 2.02. The highest BCUT2D eigenvalue weighted by atomic mass is 32.2. The molecule has 0 rings (SSSR count). The Bertz CT molecular complexity index is 199. The third-order valence-corrected chi connectivity index (χ3v) is 1.80. The fraction of sp³-hybridized carbons (Fsp3) is 0.429. The van der Waals surface area contributed by atoms with Crippen LogP contribution in [0.25, 0.3) is 0 Å². The van der Waals surface area contributed by atoms with Crippen molar-refractivity contribution in [3.8, 4) is 0 Å². The van der Waals surface area contributed by atoms with Crippen molar-refractivity contribution >= 4 is 22.7 Å². The zero-order valence-corrected chi connectivity index (χ0v) is 7.57. The molecule has 0 fully saturated rings. The maximum Gasteiger partial charge on any atom is 0.254 e. The van der Waals surface area contributed by atoms with E-state index in [9.17, 15) is 4.79 Å². The maximum absolute atomic E-state index is 10.5. The molecule has 2 N–H and O–H groups in total. The quantitative estimate of drug-likeness (QED) is 0.394. The lowest BCUT2D eigenvalue weighted by atomic mass is 10.6. The number of thioether (sulfide) groups is 1. The minimum Gasteiger partial charge on any atom is -0.365 e. The van der Waals surface area contributed by atoms with Crippen LogP contribution in [0, 0.1) is 0 Å². The van der Waals surface area contributed by atoms with Gasteiger partial charge in [-0.2, -0.15) is 0 Å². The van der Waals surface area contributed by atoms with Crippen LogP contribution < -0.4 is 5.73 Å². The van der Waals surface area contributed by atoms with E-state index in [2.05, 4.69) is 11.6 Å². The number of hydrogen-bond acceptors (Lipinski definition) is 3. The van der Waals surface area contributed by atoms with Crippen molar-refractivity contribution in [3.05, 3.63) is 11.5 Å². The van der Waals surface area contributed by atoms with Crippen LogP contribution in [0.15, 0.2) is 16.5 Å². The number of carbonyl (C=O) groups excluding carboxylic acids is 1. The van der Waals surface area contributed by atoms with Crippen LogP contribution in [0.1, 0.15) is 13.8 Å². The number of aliphatic imine (C=N–C) groups is 1. The summed E-state index contributed by atoms with van der Waals surface area (Å²) in [6, 6.07) is 0. The van der Waals surface area contributed by atoms with E-state index in [0.717, 1.165) is 5.04 Å². The summed E-state index contributed by atoms with van der Waals surface area (Å²) in [7, 11) is 0. The second-order valence-corrected chi connectivity index (χ2v) is 3.17. The second kappa shape index (κ2) is 4.96. The molecule has 0 saturated carbocycles. The summed E-state index contributed by atoms with van der Waals surface area (Å²) in [5.74, 6) is -0.486. The molecule has 4 heteroatoms. The Morgan fingerprint density at radius 3 is 2.64 bits per heavy atom. The summed E-state index contributed by atoms with van der Waals surface area (Å²) in [6.45, 7) is 7.95. The van der Waals surface area contributed by atoms with Gasteiger partial charge in [-0.3, -0.25) is 9.79 Å². The molecule has 0 heterocycles. The number of amides is 1. The average molecular weight is 172 g/mol. The molecule has 0 aromatic carbocycles. The highest BCUT2D eigenvalue weighted by molar-refractivity contribution is 8.17. The topological polar surface area (TPSA) is 55.4 Å². The summed E-state index contributed by atoms with van der Waals surface area (Å²) in [5.41, 5.74) is 4.97. The molecule has 0 aromatic rings. The van der Waals surface area contributed by atoms with Crippen LogP contribution in [0.3, 0.4) is 0 Å². The third kappa shape index (κ3) is 4.61. The fourth-order valence-electron chi connectivity index (χ4n) is 0.484. The summed E-state index contributed by atoms with van der Waals surface area (Å²) in [4.78, 5) is 14.9. The van der Waals surface area contributed by atoms with Gasteiger partial charge in [0, 0.05) is 6.54 Å². The van der Waals surface area contributed by atoms with Crippen LogP contribution in [0.4, 0.5) is 0 Å². The summed E-state index contributed by atoms with van der Waals surface area (Å²) in [5, 5.41) is 0.816. The molecule has 1 amide bonds. The summed E-state index contributed by atoms with van der Waals surface area (Å²) in [6.07, 6.45) is 0. The van der Waals surface area contributed by atoms with Crippen molar-refractivity contribution in [1.29, 1.82) is 0 Å². The maximum atomic E-state index is 10.5. The van der Waals surface area contributed by atoms with Crippen molar-refractivity contribution in [2.24, 2.45) is 10.7 Å². The van der Waals surface area contributed by atoms with Crippen molar-refractivity contribution in [3.63, 3.8) is 0 Å². The molecule has 3 nitrogen and oxygen atoms in total. The lowest BCUT2D eigenvalue weighted by Gasteiger charge is -1.98. The summed E-state index contributed by atoms with van der Waals surface area (Å²) < 4.78 is 0. The first-order valence-electron chi connectivity index (χ1n) is 3.25. The molecule has 0 aromatic heterocycles. The lowest BCUT2D eigenvalue weighted by Crippen LogP contribution is -2.11. The molecule has 11 heavy (non-hydrogen) atoms. The third-order valence-electron chi connectivity index (χ3n) is 0.927. The standard InChI is InChI=1S/C7H12N2OS/c1-4-9-6(3)11-5(2)7(8)10/h2,4H2,1,3H3,(H2,8,10). The Balaban J connectivity index is 3.95. The Labute approximate surface area is 70.8 Å². The molecule has 0 aliphatic rings. The molecular formula is C7H12N2OS. The number of nitrogens with two attached hydrogens (primary N) is 1. The fourth-order valence-corrected chi connectivity index (χ4v) is 1.13. The van der Waals surface area contributed by atoms with Crippen molar-refractivity contribution in [2.75, 3.05) is 6.54 Å². The van der Waals surface area contributed by atoms with Crippen LogP contribution in [0.2, 0.25) is 0 Å². The molecule has 0 atom stereocenters. The molecule has 0 aliphatic carbocycles. The molecule has 0 saturated heterocycles. The number of rotatable bonds is 3. The monoisotopic (exact) mass is 172 g/mol. The molecule has 62 valence electrons. The molecule has 0 unspecified atom stereocenters. The minimum atomic E-state index is -0.486. The van der Waals surface area contributed by atoms with E-state index >= 15 is 0 Å². The first kappa shape index (κ1) is 10.2. The van der Waals surface area contributed by atoms with Gasteiger partial charge in [-0.15, -0.1) is 0 Å². The van der Waals surface area contributed by atoms with E-state index in [0.29, 0.717) is 11.4 Å². The van der Waals surface area contributed by atoms with Gasteiger partial charge in [-0.25, -0.2) is 0 Å². The number of hydrogen-bond donors (Lipinski definition) is 1. The smallest absolute Gasteiger partial charge is 0.254 e. The van der Waals surface area contributed by atoms with Crippen molar-refractivity contribution in [1.82, 2.24) is 0 Å². The van der Waals surface area contributed by atoms with Gasteiger partial charge < -0.3 is 5.73 Å². The average Bonchev–Trinajstić information content (AvgIpc) is 1.87. The minimum absolute atomic E-state index is 0.333. The van der Waals surface area contributed by atoms with Gasteiger partial charge in [-0.05, 0) is 13.8 Å². The molecule has 0 bridgehead atoms. The number of nitrogens with zero attached hydrogens (tertiary/aromatic N) is 1. The Morgan fingerprint density at radius 1 is 1.73 bits per heavy atom. The SMILES string of the molecule is C=C(SC(C)=NCC)C(N)=O. The predicted molar refractivity (Wildman–Crippen MR) is 49.6 cm³/mol.